The second-order valence-electron chi connectivity index (χ2n) is 7.02. The van der Waals surface area contributed by atoms with Crippen LogP contribution in [0, 0.1) is 0 Å². The molecule has 3 nitrogen and oxygen atoms in total. The third kappa shape index (κ3) is 1.99. The number of rotatable bonds is 0. The molecule has 0 bridgehead atoms. The third-order valence-electron chi connectivity index (χ3n) is 5.83. The maximum atomic E-state index is 11.7. The summed E-state index contributed by atoms with van der Waals surface area (Å²) in [5.41, 5.74) is 1.36. The summed E-state index contributed by atoms with van der Waals surface area (Å²) in [6, 6.07) is 8.31. The molecule has 3 aliphatic rings. The van der Waals surface area contributed by atoms with Crippen molar-refractivity contribution in [3.8, 4) is 0 Å². The first-order valence-corrected chi connectivity index (χ1v) is 8.88. The molecule has 22 heavy (non-hydrogen) atoms. The smallest absolute Gasteiger partial charge is 0.202 e. The van der Waals surface area contributed by atoms with E-state index in [1.165, 1.54) is 37.7 Å². The summed E-state index contributed by atoms with van der Waals surface area (Å²) in [7, 11) is 0. The number of fused-ring (bicyclic) bond motifs is 5. The summed E-state index contributed by atoms with van der Waals surface area (Å²) in [4.78, 5) is 0. The van der Waals surface area contributed by atoms with Crippen molar-refractivity contribution in [3.05, 3.63) is 35.4 Å². The van der Waals surface area contributed by atoms with Crippen LogP contribution in [0.3, 0.4) is 0 Å². The second kappa shape index (κ2) is 5.63. The number of hydrogen-bond acceptors (Lipinski definition) is 3. The van der Waals surface area contributed by atoms with Crippen LogP contribution in [0.1, 0.15) is 68.4 Å². The maximum Gasteiger partial charge on any atom is 0.202 e. The van der Waals surface area contributed by atoms with Gasteiger partial charge in [-0.3, -0.25) is 0 Å². The van der Waals surface area contributed by atoms with Crippen molar-refractivity contribution in [2.24, 2.45) is 0 Å². The van der Waals surface area contributed by atoms with Crippen LogP contribution >= 0.6 is 0 Å². The molecular formula is C19H26O3. The average Bonchev–Trinajstić information content (AvgIpc) is 3.01. The largest absolute Gasteiger partial charge is 0.379 e. The van der Waals surface area contributed by atoms with E-state index in [2.05, 4.69) is 18.2 Å². The molecule has 1 N–H and O–H groups in total. The van der Waals surface area contributed by atoms with Gasteiger partial charge in [0.1, 0.15) is 0 Å². The molecule has 1 aromatic carbocycles. The van der Waals surface area contributed by atoms with Gasteiger partial charge >= 0.3 is 0 Å². The van der Waals surface area contributed by atoms with Crippen LogP contribution in [0.25, 0.3) is 0 Å². The molecule has 1 spiro atoms. The minimum Gasteiger partial charge on any atom is -0.379 e. The van der Waals surface area contributed by atoms with E-state index in [0.717, 1.165) is 24.8 Å². The molecule has 1 saturated heterocycles. The van der Waals surface area contributed by atoms with Gasteiger partial charge in [-0.1, -0.05) is 56.4 Å². The van der Waals surface area contributed by atoms with Crippen molar-refractivity contribution >= 4 is 0 Å². The lowest BCUT2D eigenvalue weighted by Crippen LogP contribution is -2.61. The van der Waals surface area contributed by atoms with Gasteiger partial charge in [-0.2, -0.15) is 0 Å². The van der Waals surface area contributed by atoms with Crippen LogP contribution in [0.5, 0.6) is 0 Å². The van der Waals surface area contributed by atoms with Crippen LogP contribution in [0.4, 0.5) is 0 Å². The second-order valence-corrected chi connectivity index (χ2v) is 7.02. The molecule has 2 atom stereocenters. The normalized spacial score (nSPS) is 34.3. The Labute approximate surface area is 132 Å². The fourth-order valence-electron chi connectivity index (χ4n) is 4.74. The zero-order chi connectivity index (χ0) is 15.0. The lowest BCUT2D eigenvalue weighted by atomic mass is 9.58. The van der Waals surface area contributed by atoms with Crippen LogP contribution in [-0.2, 0) is 15.1 Å². The van der Waals surface area contributed by atoms with Gasteiger partial charge in [0.15, 0.2) is 5.60 Å². The molecule has 120 valence electrons. The Hall–Kier alpha value is -0.900. The highest BCUT2D eigenvalue weighted by molar-refractivity contribution is 5.49. The highest BCUT2D eigenvalue weighted by atomic mass is 16.7. The molecule has 1 aliphatic heterocycles. The first-order chi connectivity index (χ1) is 10.8. The SMILES string of the molecule is O[C@]12c3ccccc3[C@@H]1CCCCCCCCC21OCCO1. The van der Waals surface area contributed by atoms with E-state index >= 15 is 0 Å². The van der Waals surface area contributed by atoms with Crippen molar-refractivity contribution < 1.29 is 14.6 Å². The van der Waals surface area contributed by atoms with Crippen LogP contribution in [-0.4, -0.2) is 24.1 Å². The van der Waals surface area contributed by atoms with E-state index in [-0.39, 0.29) is 5.92 Å². The summed E-state index contributed by atoms with van der Waals surface area (Å²) in [6.07, 6.45) is 9.14. The molecule has 0 radical (unpaired) electrons. The fraction of sp³-hybridized carbons (Fsp3) is 0.684. The molecule has 1 heterocycles. The average molecular weight is 302 g/mol. The Kier molecular flexibility index (Phi) is 3.75. The fourth-order valence-corrected chi connectivity index (χ4v) is 4.74. The number of hydrogen-bond donors (Lipinski definition) is 1. The van der Waals surface area contributed by atoms with Gasteiger partial charge in [0.25, 0.3) is 0 Å². The summed E-state index contributed by atoms with van der Waals surface area (Å²) < 4.78 is 12.2. The van der Waals surface area contributed by atoms with E-state index in [4.69, 9.17) is 9.47 Å². The Balaban J connectivity index is 1.75. The monoisotopic (exact) mass is 302 g/mol. The van der Waals surface area contributed by atoms with Gasteiger partial charge in [0.2, 0.25) is 5.79 Å². The molecule has 0 amide bonds. The molecule has 2 fully saturated rings. The van der Waals surface area contributed by atoms with Gasteiger partial charge in [-0.25, -0.2) is 0 Å². The van der Waals surface area contributed by atoms with Crippen molar-refractivity contribution in [1.29, 1.82) is 0 Å². The standard InChI is InChI=1S/C19H26O3/c20-19-16(15-9-6-7-11-17(15)19)10-5-3-1-2-4-8-12-18(19)21-13-14-22-18/h6-7,9,11,16,20H,1-5,8,10,12-14H2/t16-,19-/m0/s1. The minimum absolute atomic E-state index is 0.153. The quantitative estimate of drug-likeness (QED) is 0.791. The van der Waals surface area contributed by atoms with Crippen molar-refractivity contribution in [3.63, 3.8) is 0 Å². The minimum atomic E-state index is -0.968. The summed E-state index contributed by atoms with van der Waals surface area (Å²) >= 11 is 0. The van der Waals surface area contributed by atoms with Crippen LogP contribution in [0.2, 0.25) is 0 Å². The zero-order valence-corrected chi connectivity index (χ0v) is 13.2. The van der Waals surface area contributed by atoms with Crippen LogP contribution < -0.4 is 0 Å². The van der Waals surface area contributed by atoms with Gasteiger partial charge in [-0.05, 0) is 24.0 Å². The Morgan fingerprint density at radius 1 is 0.909 bits per heavy atom. The van der Waals surface area contributed by atoms with Crippen LogP contribution in [0.15, 0.2) is 24.3 Å². The van der Waals surface area contributed by atoms with Gasteiger partial charge in [0, 0.05) is 12.3 Å². The molecule has 0 aromatic heterocycles. The highest BCUT2D eigenvalue weighted by Crippen LogP contribution is 2.61. The third-order valence-corrected chi connectivity index (χ3v) is 5.83. The number of aliphatic hydroxyl groups is 1. The molecule has 3 heteroatoms. The molecule has 2 aliphatic carbocycles. The van der Waals surface area contributed by atoms with E-state index in [0.29, 0.717) is 13.2 Å². The molecule has 1 aromatic rings. The topological polar surface area (TPSA) is 38.7 Å². The zero-order valence-electron chi connectivity index (χ0n) is 13.2. The van der Waals surface area contributed by atoms with Crippen molar-refractivity contribution in [1.82, 2.24) is 0 Å². The number of ether oxygens (including phenoxy) is 2. The lowest BCUT2D eigenvalue weighted by molar-refractivity contribution is -0.298. The van der Waals surface area contributed by atoms with Gasteiger partial charge < -0.3 is 14.6 Å². The molecular weight excluding hydrogens is 276 g/mol. The first kappa shape index (κ1) is 14.7. The molecule has 0 unspecified atom stereocenters. The van der Waals surface area contributed by atoms with Gasteiger partial charge in [-0.15, -0.1) is 0 Å². The first-order valence-electron chi connectivity index (χ1n) is 8.88. The Morgan fingerprint density at radius 2 is 1.59 bits per heavy atom. The van der Waals surface area contributed by atoms with E-state index in [9.17, 15) is 5.11 Å². The van der Waals surface area contributed by atoms with Gasteiger partial charge in [0.05, 0.1) is 13.2 Å². The Bertz CT molecular complexity index is 535. The predicted molar refractivity (Wildman–Crippen MR) is 84.7 cm³/mol. The summed E-state index contributed by atoms with van der Waals surface area (Å²) in [5, 5.41) is 11.7. The lowest BCUT2D eigenvalue weighted by Gasteiger charge is -2.55. The molecule has 4 rings (SSSR count). The highest BCUT2D eigenvalue weighted by Gasteiger charge is 2.65. The predicted octanol–water partition coefficient (Wildman–Crippen LogP) is 3.85. The van der Waals surface area contributed by atoms with Crippen molar-refractivity contribution in [2.45, 2.75) is 68.7 Å². The maximum absolute atomic E-state index is 11.7. The number of benzene rings is 1. The Morgan fingerprint density at radius 3 is 2.41 bits per heavy atom. The van der Waals surface area contributed by atoms with Crippen molar-refractivity contribution in [2.75, 3.05) is 13.2 Å². The van der Waals surface area contributed by atoms with E-state index in [1.807, 2.05) is 6.07 Å². The summed E-state index contributed by atoms with van der Waals surface area (Å²) in [6.45, 7) is 1.19. The van der Waals surface area contributed by atoms with E-state index < -0.39 is 11.4 Å². The summed E-state index contributed by atoms with van der Waals surface area (Å²) in [5.74, 6) is -0.670. The van der Waals surface area contributed by atoms with E-state index in [1.54, 1.807) is 0 Å². The molecule has 1 saturated carbocycles.